The molecule has 0 spiro atoms. The first kappa shape index (κ1) is 19.1. The van der Waals surface area contributed by atoms with E-state index in [2.05, 4.69) is 40.5 Å². The van der Waals surface area contributed by atoms with E-state index in [-0.39, 0.29) is 11.9 Å². The van der Waals surface area contributed by atoms with Crippen LogP contribution in [0.4, 0.5) is 5.69 Å². The van der Waals surface area contributed by atoms with E-state index in [0.717, 1.165) is 51.5 Å². The maximum Gasteiger partial charge on any atom is 0.243 e. The quantitative estimate of drug-likeness (QED) is 0.838. The molecule has 0 radical (unpaired) electrons. The van der Waals surface area contributed by atoms with Gasteiger partial charge in [0.05, 0.1) is 19.3 Å². The molecule has 4 rings (SSSR count). The first-order chi connectivity index (χ1) is 13.7. The minimum Gasteiger partial charge on any atom is -0.379 e. The summed E-state index contributed by atoms with van der Waals surface area (Å²) in [6.07, 6.45) is 0.941. The van der Waals surface area contributed by atoms with Crippen molar-refractivity contribution in [1.82, 2.24) is 10.2 Å². The number of benzene rings is 2. The number of fused-ring (bicyclic) bond motifs is 1. The van der Waals surface area contributed by atoms with Crippen molar-refractivity contribution >= 4 is 11.6 Å². The highest BCUT2D eigenvalue weighted by atomic mass is 16.5. The van der Waals surface area contributed by atoms with Crippen molar-refractivity contribution in [2.24, 2.45) is 0 Å². The van der Waals surface area contributed by atoms with Crippen molar-refractivity contribution in [3.63, 3.8) is 0 Å². The van der Waals surface area contributed by atoms with Gasteiger partial charge < -0.3 is 15.0 Å². The molecule has 0 bridgehead atoms. The first-order valence-corrected chi connectivity index (χ1v) is 10.2. The van der Waals surface area contributed by atoms with Crippen LogP contribution in [0.1, 0.15) is 23.6 Å². The minimum atomic E-state index is -0.220. The number of hydrogen-bond acceptors (Lipinski definition) is 4. The monoisotopic (exact) mass is 379 g/mol. The Morgan fingerprint density at radius 2 is 1.75 bits per heavy atom. The molecular weight excluding hydrogens is 350 g/mol. The summed E-state index contributed by atoms with van der Waals surface area (Å²) in [6.45, 7) is 7.94. The van der Waals surface area contributed by atoms with Gasteiger partial charge in [-0.25, -0.2) is 0 Å². The Labute approximate surface area is 167 Å². The van der Waals surface area contributed by atoms with E-state index in [1.165, 1.54) is 16.7 Å². The van der Waals surface area contributed by atoms with Crippen molar-refractivity contribution in [3.05, 3.63) is 65.2 Å². The molecule has 2 aromatic rings. The average Bonchev–Trinajstić information content (AvgIpc) is 3.17. The second kappa shape index (κ2) is 8.86. The molecule has 2 aliphatic heterocycles. The Morgan fingerprint density at radius 3 is 2.57 bits per heavy atom. The summed E-state index contributed by atoms with van der Waals surface area (Å²) < 4.78 is 5.45. The fourth-order valence-corrected chi connectivity index (χ4v) is 4.04. The Balaban J connectivity index is 1.37. The van der Waals surface area contributed by atoms with Gasteiger partial charge in [0.15, 0.2) is 0 Å². The van der Waals surface area contributed by atoms with E-state index in [4.69, 9.17) is 4.74 Å². The molecule has 1 amide bonds. The summed E-state index contributed by atoms with van der Waals surface area (Å²) in [5.41, 5.74) is 4.91. The molecule has 28 heavy (non-hydrogen) atoms. The lowest BCUT2D eigenvalue weighted by Gasteiger charge is -2.27. The van der Waals surface area contributed by atoms with Crippen molar-refractivity contribution in [2.45, 2.75) is 32.5 Å². The summed E-state index contributed by atoms with van der Waals surface area (Å²) >= 11 is 0. The van der Waals surface area contributed by atoms with Gasteiger partial charge in [0.25, 0.3) is 0 Å². The van der Waals surface area contributed by atoms with Gasteiger partial charge in [0.1, 0.15) is 0 Å². The minimum absolute atomic E-state index is 0.149. The van der Waals surface area contributed by atoms with Gasteiger partial charge in [-0.05, 0) is 36.1 Å². The number of rotatable bonds is 6. The molecule has 1 fully saturated rings. The van der Waals surface area contributed by atoms with Crippen LogP contribution in [0, 0.1) is 0 Å². The van der Waals surface area contributed by atoms with Crippen molar-refractivity contribution in [1.29, 1.82) is 0 Å². The Bertz CT molecular complexity index is 817. The van der Waals surface area contributed by atoms with Crippen LogP contribution >= 0.6 is 0 Å². The first-order valence-electron chi connectivity index (χ1n) is 10.2. The highest BCUT2D eigenvalue weighted by Gasteiger charge is 2.27. The van der Waals surface area contributed by atoms with Crippen LogP contribution in [0.25, 0.3) is 0 Å². The molecular formula is C23H29N3O2. The highest BCUT2D eigenvalue weighted by Crippen LogP contribution is 2.27. The number of nitrogens with one attached hydrogen (secondary N) is 1. The normalized spacial score (nSPS) is 18.1. The molecule has 0 saturated carbocycles. The molecule has 0 aliphatic carbocycles. The van der Waals surface area contributed by atoms with Crippen LogP contribution in [0.15, 0.2) is 48.5 Å². The topological polar surface area (TPSA) is 44.8 Å². The average molecular weight is 380 g/mol. The van der Waals surface area contributed by atoms with Crippen LogP contribution in [-0.2, 0) is 29.0 Å². The van der Waals surface area contributed by atoms with Crippen LogP contribution in [-0.4, -0.2) is 49.7 Å². The van der Waals surface area contributed by atoms with E-state index in [1.54, 1.807) is 0 Å². The van der Waals surface area contributed by atoms with Gasteiger partial charge in [-0.3, -0.25) is 9.69 Å². The number of carbonyl (C=O) groups excluding carboxylic acids is 1. The smallest absolute Gasteiger partial charge is 0.243 e. The Hall–Kier alpha value is -2.21. The van der Waals surface area contributed by atoms with E-state index in [9.17, 15) is 4.79 Å². The second-order valence-corrected chi connectivity index (χ2v) is 7.63. The van der Waals surface area contributed by atoms with Crippen LogP contribution in [0.5, 0.6) is 0 Å². The molecule has 1 saturated heterocycles. The third-order valence-electron chi connectivity index (χ3n) is 5.74. The summed E-state index contributed by atoms with van der Waals surface area (Å²) in [7, 11) is 0. The predicted octanol–water partition coefficient (Wildman–Crippen LogP) is 2.59. The van der Waals surface area contributed by atoms with Gasteiger partial charge in [-0.1, -0.05) is 42.5 Å². The van der Waals surface area contributed by atoms with Crippen LogP contribution in [0.3, 0.4) is 0 Å². The number of para-hydroxylation sites is 1. The maximum atomic E-state index is 13.0. The van der Waals surface area contributed by atoms with Gasteiger partial charge in [-0.15, -0.1) is 0 Å². The van der Waals surface area contributed by atoms with Crippen LogP contribution in [0.2, 0.25) is 0 Å². The lowest BCUT2D eigenvalue weighted by atomic mass is 10.1. The van der Waals surface area contributed by atoms with Gasteiger partial charge in [0, 0.05) is 38.4 Å². The Kier molecular flexibility index (Phi) is 6.05. The van der Waals surface area contributed by atoms with E-state index < -0.39 is 0 Å². The summed E-state index contributed by atoms with van der Waals surface area (Å²) in [5.74, 6) is 0.149. The number of anilines is 1. The fraction of sp³-hybridized carbons (Fsp3) is 0.435. The lowest BCUT2D eigenvalue weighted by Crippen LogP contribution is -2.44. The third kappa shape index (κ3) is 4.27. The molecule has 5 nitrogen and oxygen atoms in total. The van der Waals surface area contributed by atoms with Gasteiger partial charge in [-0.2, -0.15) is 0 Å². The highest BCUT2D eigenvalue weighted by molar-refractivity contribution is 5.98. The zero-order valence-corrected chi connectivity index (χ0v) is 16.6. The molecule has 2 heterocycles. The third-order valence-corrected chi connectivity index (χ3v) is 5.74. The molecule has 0 unspecified atom stereocenters. The van der Waals surface area contributed by atoms with Crippen molar-refractivity contribution in [3.8, 4) is 0 Å². The SMILES string of the molecule is C[C@@H](NCc1ccccc1CN1CCOCC1)C(=O)N1CCc2ccccc21. The predicted molar refractivity (Wildman–Crippen MR) is 111 cm³/mol. The largest absolute Gasteiger partial charge is 0.379 e. The maximum absolute atomic E-state index is 13.0. The fourth-order valence-electron chi connectivity index (χ4n) is 4.04. The van der Waals surface area contributed by atoms with Gasteiger partial charge >= 0.3 is 0 Å². The van der Waals surface area contributed by atoms with Crippen molar-refractivity contribution in [2.75, 3.05) is 37.7 Å². The van der Waals surface area contributed by atoms with Gasteiger partial charge in [0.2, 0.25) is 5.91 Å². The molecule has 2 aromatic carbocycles. The van der Waals surface area contributed by atoms with Crippen LogP contribution < -0.4 is 10.2 Å². The number of hydrogen-bond donors (Lipinski definition) is 1. The molecule has 5 heteroatoms. The van der Waals surface area contributed by atoms with Crippen molar-refractivity contribution < 1.29 is 9.53 Å². The lowest BCUT2D eigenvalue weighted by molar-refractivity contribution is -0.120. The molecule has 1 N–H and O–H groups in total. The molecule has 0 aromatic heterocycles. The number of amides is 1. The molecule has 2 aliphatic rings. The number of morpholine rings is 1. The van der Waals surface area contributed by atoms with E-state index in [1.807, 2.05) is 30.0 Å². The number of carbonyl (C=O) groups is 1. The second-order valence-electron chi connectivity index (χ2n) is 7.63. The van der Waals surface area contributed by atoms with E-state index >= 15 is 0 Å². The molecule has 148 valence electrons. The number of ether oxygens (including phenoxy) is 1. The zero-order chi connectivity index (χ0) is 19.3. The zero-order valence-electron chi connectivity index (χ0n) is 16.6. The molecule has 1 atom stereocenters. The standard InChI is InChI=1S/C23H29N3O2/c1-18(23(27)26-11-10-19-6-4-5-9-22(19)26)24-16-20-7-2-3-8-21(20)17-25-12-14-28-15-13-25/h2-9,18,24H,10-17H2,1H3/t18-/m1/s1. The number of nitrogens with zero attached hydrogens (tertiary/aromatic N) is 2. The summed E-state index contributed by atoms with van der Waals surface area (Å²) in [6, 6.07) is 16.5. The summed E-state index contributed by atoms with van der Waals surface area (Å²) in [4.78, 5) is 17.3. The summed E-state index contributed by atoms with van der Waals surface area (Å²) in [5, 5.41) is 3.45. The van der Waals surface area contributed by atoms with E-state index in [0.29, 0.717) is 6.54 Å². The Morgan fingerprint density at radius 1 is 1.04 bits per heavy atom.